The third kappa shape index (κ3) is 4.36. The Morgan fingerprint density at radius 2 is 1.68 bits per heavy atom. The molecule has 0 aliphatic heterocycles. The van der Waals surface area contributed by atoms with Crippen molar-refractivity contribution in [1.82, 2.24) is 0 Å². The van der Waals surface area contributed by atoms with E-state index in [-0.39, 0.29) is 0 Å². The SMILES string of the molecule is CCCO[Si](OCC(C)C)(C1CCCCC1)C1CCCC1C. The summed E-state index contributed by atoms with van der Waals surface area (Å²) in [6.45, 7) is 11.0. The minimum atomic E-state index is -2.11. The molecule has 0 radical (unpaired) electrons. The van der Waals surface area contributed by atoms with Crippen molar-refractivity contribution < 1.29 is 8.85 Å². The molecule has 0 heterocycles. The first-order valence-corrected chi connectivity index (χ1v) is 11.8. The second kappa shape index (κ2) is 8.84. The van der Waals surface area contributed by atoms with Gasteiger partial charge in [-0.05, 0) is 37.5 Å². The van der Waals surface area contributed by atoms with E-state index < -0.39 is 8.56 Å². The first-order chi connectivity index (χ1) is 10.6. The highest BCUT2D eigenvalue weighted by Gasteiger charge is 2.55. The van der Waals surface area contributed by atoms with Crippen LogP contribution in [0.3, 0.4) is 0 Å². The lowest BCUT2D eigenvalue weighted by Gasteiger charge is -2.45. The van der Waals surface area contributed by atoms with Crippen LogP contribution in [0.15, 0.2) is 0 Å². The standard InChI is InChI=1S/C19H38O2Si/c1-5-14-20-22(21-15-16(2)3,18-11-7-6-8-12-18)19-13-9-10-17(19)4/h16-19H,5-15H2,1-4H3. The smallest absolute Gasteiger partial charge is 0.344 e. The summed E-state index contributed by atoms with van der Waals surface area (Å²) in [6.07, 6.45) is 12.1. The fraction of sp³-hybridized carbons (Fsp3) is 1.00. The van der Waals surface area contributed by atoms with Crippen LogP contribution < -0.4 is 0 Å². The van der Waals surface area contributed by atoms with Gasteiger partial charge in [-0.2, -0.15) is 0 Å². The van der Waals surface area contributed by atoms with Crippen molar-refractivity contribution in [3.8, 4) is 0 Å². The fourth-order valence-electron chi connectivity index (χ4n) is 4.60. The molecule has 3 unspecified atom stereocenters. The van der Waals surface area contributed by atoms with E-state index in [1.807, 2.05) is 0 Å². The van der Waals surface area contributed by atoms with Crippen LogP contribution >= 0.6 is 0 Å². The normalized spacial score (nSPS) is 29.9. The predicted octanol–water partition coefficient (Wildman–Crippen LogP) is 6.05. The van der Waals surface area contributed by atoms with E-state index in [2.05, 4.69) is 27.7 Å². The fourth-order valence-corrected chi connectivity index (χ4v) is 10.1. The van der Waals surface area contributed by atoms with E-state index in [4.69, 9.17) is 8.85 Å². The summed E-state index contributed by atoms with van der Waals surface area (Å²) in [5, 5.41) is 0. The van der Waals surface area contributed by atoms with Gasteiger partial charge in [0.2, 0.25) is 0 Å². The van der Waals surface area contributed by atoms with Crippen molar-refractivity contribution in [1.29, 1.82) is 0 Å². The van der Waals surface area contributed by atoms with Crippen molar-refractivity contribution >= 4 is 8.56 Å². The molecule has 2 aliphatic carbocycles. The zero-order chi connectivity index (χ0) is 16.0. The van der Waals surface area contributed by atoms with E-state index in [1.165, 1.54) is 51.4 Å². The maximum absolute atomic E-state index is 6.80. The van der Waals surface area contributed by atoms with E-state index in [0.717, 1.165) is 36.6 Å². The molecule has 2 saturated carbocycles. The van der Waals surface area contributed by atoms with Crippen LogP contribution in [0.4, 0.5) is 0 Å². The summed E-state index contributed by atoms with van der Waals surface area (Å²) >= 11 is 0. The number of hydrogen-bond donors (Lipinski definition) is 0. The average molecular weight is 327 g/mol. The Hall–Kier alpha value is 0.137. The number of rotatable bonds is 8. The molecule has 0 spiro atoms. The van der Waals surface area contributed by atoms with Crippen LogP contribution in [-0.2, 0) is 8.85 Å². The maximum Gasteiger partial charge on any atom is 0.344 e. The molecule has 130 valence electrons. The maximum atomic E-state index is 6.80. The molecule has 22 heavy (non-hydrogen) atoms. The van der Waals surface area contributed by atoms with Crippen LogP contribution in [-0.4, -0.2) is 21.8 Å². The Morgan fingerprint density at radius 1 is 0.955 bits per heavy atom. The van der Waals surface area contributed by atoms with Gasteiger partial charge >= 0.3 is 8.56 Å². The number of hydrogen-bond acceptors (Lipinski definition) is 2. The summed E-state index contributed by atoms with van der Waals surface area (Å²) < 4.78 is 13.5. The highest BCUT2D eigenvalue weighted by atomic mass is 28.4. The van der Waals surface area contributed by atoms with Gasteiger partial charge in [0.1, 0.15) is 0 Å². The van der Waals surface area contributed by atoms with Crippen LogP contribution in [0.5, 0.6) is 0 Å². The van der Waals surface area contributed by atoms with Gasteiger partial charge in [0, 0.05) is 24.3 Å². The van der Waals surface area contributed by atoms with Gasteiger partial charge in [0.15, 0.2) is 0 Å². The summed E-state index contributed by atoms with van der Waals surface area (Å²) in [6, 6.07) is 0. The first-order valence-electron chi connectivity index (χ1n) is 9.88. The van der Waals surface area contributed by atoms with Gasteiger partial charge in [-0.15, -0.1) is 0 Å². The molecule has 3 atom stereocenters. The molecule has 0 amide bonds. The predicted molar refractivity (Wildman–Crippen MR) is 96.4 cm³/mol. The second-order valence-electron chi connectivity index (χ2n) is 8.12. The van der Waals surface area contributed by atoms with Crippen molar-refractivity contribution in [2.24, 2.45) is 11.8 Å². The molecular weight excluding hydrogens is 288 g/mol. The van der Waals surface area contributed by atoms with Crippen LogP contribution in [0.25, 0.3) is 0 Å². The van der Waals surface area contributed by atoms with Gasteiger partial charge in [0.05, 0.1) is 0 Å². The summed E-state index contributed by atoms with van der Waals surface area (Å²) in [4.78, 5) is 0. The van der Waals surface area contributed by atoms with Gasteiger partial charge in [0.25, 0.3) is 0 Å². The van der Waals surface area contributed by atoms with E-state index in [9.17, 15) is 0 Å². The Balaban J connectivity index is 2.23. The van der Waals surface area contributed by atoms with Crippen molar-refractivity contribution in [2.75, 3.05) is 13.2 Å². The average Bonchev–Trinajstić information content (AvgIpc) is 2.95. The summed E-state index contributed by atoms with van der Waals surface area (Å²) in [7, 11) is -2.11. The second-order valence-corrected chi connectivity index (χ2v) is 11.7. The third-order valence-corrected chi connectivity index (χ3v) is 10.6. The Morgan fingerprint density at radius 3 is 2.23 bits per heavy atom. The molecule has 2 rings (SSSR count). The Kier molecular flexibility index (Phi) is 7.42. The molecule has 0 N–H and O–H groups in total. The van der Waals surface area contributed by atoms with E-state index in [1.54, 1.807) is 0 Å². The lowest BCUT2D eigenvalue weighted by Crippen LogP contribution is -2.53. The molecule has 2 nitrogen and oxygen atoms in total. The van der Waals surface area contributed by atoms with Crippen molar-refractivity contribution in [3.63, 3.8) is 0 Å². The molecule has 0 aromatic carbocycles. The minimum absolute atomic E-state index is 0.609. The van der Waals surface area contributed by atoms with Crippen molar-refractivity contribution in [2.45, 2.75) is 96.6 Å². The monoisotopic (exact) mass is 326 g/mol. The van der Waals surface area contributed by atoms with E-state index in [0.29, 0.717) is 5.92 Å². The molecular formula is C19H38O2Si. The molecule has 2 fully saturated rings. The highest BCUT2D eigenvalue weighted by Crippen LogP contribution is 2.52. The van der Waals surface area contributed by atoms with Gasteiger partial charge in [-0.25, -0.2) is 0 Å². The van der Waals surface area contributed by atoms with Crippen LogP contribution in [0.2, 0.25) is 11.1 Å². The zero-order valence-corrected chi connectivity index (χ0v) is 16.4. The molecule has 0 bridgehead atoms. The largest absolute Gasteiger partial charge is 0.394 e. The first kappa shape index (κ1) is 18.5. The van der Waals surface area contributed by atoms with Gasteiger partial charge in [-0.3, -0.25) is 0 Å². The third-order valence-electron chi connectivity index (χ3n) is 5.73. The zero-order valence-electron chi connectivity index (χ0n) is 15.4. The highest BCUT2D eigenvalue weighted by molar-refractivity contribution is 6.70. The van der Waals surface area contributed by atoms with E-state index >= 15 is 0 Å². The van der Waals surface area contributed by atoms with Crippen LogP contribution in [0, 0.1) is 11.8 Å². The Bertz CT molecular complexity index is 315. The summed E-state index contributed by atoms with van der Waals surface area (Å²) in [5.74, 6) is 1.41. The summed E-state index contributed by atoms with van der Waals surface area (Å²) in [5.41, 5.74) is 1.48. The molecule has 0 aromatic rings. The molecule has 0 saturated heterocycles. The molecule has 2 aliphatic rings. The Labute approximate surface area is 139 Å². The topological polar surface area (TPSA) is 18.5 Å². The minimum Gasteiger partial charge on any atom is -0.394 e. The molecule has 3 heteroatoms. The van der Waals surface area contributed by atoms with Crippen LogP contribution in [0.1, 0.15) is 85.5 Å². The van der Waals surface area contributed by atoms with Crippen molar-refractivity contribution in [3.05, 3.63) is 0 Å². The lowest BCUT2D eigenvalue weighted by atomic mass is 10.0. The van der Waals surface area contributed by atoms with Gasteiger partial charge in [-0.1, -0.05) is 59.8 Å². The van der Waals surface area contributed by atoms with Gasteiger partial charge < -0.3 is 8.85 Å². The lowest BCUT2D eigenvalue weighted by molar-refractivity contribution is 0.122. The quantitative estimate of drug-likeness (QED) is 0.505. The molecule has 0 aromatic heterocycles.